The molecule has 1 aliphatic rings. The number of hydrogen-bond donors (Lipinski definition) is 1. The van der Waals surface area contributed by atoms with Crippen LogP contribution in [0.4, 0.5) is 14.6 Å². The Balaban J connectivity index is 2.20. The minimum absolute atomic E-state index is 0.137. The molecular weight excluding hydrogens is 248 g/mol. The smallest absolute Gasteiger partial charge is 0.149 e. The van der Waals surface area contributed by atoms with Crippen LogP contribution in [0.1, 0.15) is 29.7 Å². The van der Waals surface area contributed by atoms with Crippen LogP contribution in [0.25, 0.3) is 5.69 Å². The van der Waals surface area contributed by atoms with E-state index in [1.807, 2.05) is 0 Å². The van der Waals surface area contributed by atoms with Crippen LogP contribution in [-0.4, -0.2) is 9.78 Å². The quantitative estimate of drug-likeness (QED) is 0.859. The number of aromatic nitrogens is 2. The number of anilines is 1. The van der Waals surface area contributed by atoms with Crippen LogP contribution in [-0.2, 0) is 12.8 Å². The van der Waals surface area contributed by atoms with Gasteiger partial charge in [0.1, 0.15) is 23.1 Å². The Hall–Kier alpha value is -1.91. The molecule has 0 fully saturated rings. The van der Waals surface area contributed by atoms with E-state index in [9.17, 15) is 8.78 Å². The van der Waals surface area contributed by atoms with Crippen molar-refractivity contribution in [3.05, 3.63) is 40.6 Å². The van der Waals surface area contributed by atoms with Crippen LogP contribution in [0.5, 0.6) is 0 Å². The Labute approximate surface area is 110 Å². The van der Waals surface area contributed by atoms with Crippen LogP contribution < -0.4 is 5.73 Å². The Morgan fingerprint density at radius 3 is 2.68 bits per heavy atom. The summed E-state index contributed by atoms with van der Waals surface area (Å²) >= 11 is 0. The summed E-state index contributed by atoms with van der Waals surface area (Å²) in [6, 6.07) is 2.38. The zero-order valence-electron chi connectivity index (χ0n) is 10.7. The van der Waals surface area contributed by atoms with Gasteiger partial charge in [0.25, 0.3) is 0 Å². The maximum Gasteiger partial charge on any atom is 0.149 e. The minimum atomic E-state index is -0.477. The number of hydrogen-bond acceptors (Lipinski definition) is 2. The Morgan fingerprint density at radius 1 is 1.16 bits per heavy atom. The predicted octanol–water partition coefficient (Wildman–Crippen LogP) is 2.92. The van der Waals surface area contributed by atoms with Crippen LogP contribution >= 0.6 is 0 Å². The van der Waals surface area contributed by atoms with Gasteiger partial charge in [0.2, 0.25) is 0 Å². The molecule has 0 amide bonds. The van der Waals surface area contributed by atoms with Gasteiger partial charge in [-0.2, -0.15) is 5.10 Å². The lowest BCUT2D eigenvalue weighted by atomic mass is 9.97. The highest BCUT2D eigenvalue weighted by atomic mass is 19.1. The number of nitrogens with zero attached hydrogens (tertiary/aromatic N) is 2. The molecular formula is C14H15F2N3. The van der Waals surface area contributed by atoms with Crippen molar-refractivity contribution in [2.75, 3.05) is 5.73 Å². The van der Waals surface area contributed by atoms with Gasteiger partial charge >= 0.3 is 0 Å². The summed E-state index contributed by atoms with van der Waals surface area (Å²) in [5, 5.41) is 4.18. The van der Waals surface area contributed by atoms with E-state index in [0.717, 1.165) is 36.9 Å². The Bertz CT molecular complexity index is 647. The summed E-state index contributed by atoms with van der Waals surface area (Å²) in [7, 11) is 0. The van der Waals surface area contributed by atoms with Crippen molar-refractivity contribution in [3.8, 4) is 5.69 Å². The third-order valence-corrected chi connectivity index (χ3v) is 3.67. The molecule has 5 heteroatoms. The van der Waals surface area contributed by atoms with Crippen LogP contribution in [0.15, 0.2) is 12.1 Å². The average Bonchev–Trinajstić information content (AvgIpc) is 2.72. The molecule has 0 radical (unpaired) electrons. The molecule has 0 bridgehead atoms. The number of aryl methyl sites for hydroxylation is 1. The van der Waals surface area contributed by atoms with E-state index >= 15 is 0 Å². The molecule has 100 valence electrons. The SMILES string of the molecule is Cc1cc(F)c(-n2nc(N)c3c2CCCC3)cc1F. The van der Waals surface area contributed by atoms with E-state index in [1.165, 1.54) is 23.7 Å². The van der Waals surface area contributed by atoms with E-state index in [-0.39, 0.29) is 11.3 Å². The normalized spacial score (nSPS) is 14.5. The fraction of sp³-hybridized carbons (Fsp3) is 0.357. The number of rotatable bonds is 1. The maximum absolute atomic E-state index is 14.0. The lowest BCUT2D eigenvalue weighted by molar-refractivity contribution is 0.573. The average molecular weight is 263 g/mol. The summed E-state index contributed by atoms with van der Waals surface area (Å²) in [6.07, 6.45) is 3.74. The van der Waals surface area contributed by atoms with E-state index in [4.69, 9.17) is 5.73 Å². The van der Waals surface area contributed by atoms with Crippen molar-refractivity contribution in [1.29, 1.82) is 0 Å². The van der Waals surface area contributed by atoms with Gasteiger partial charge in [0.05, 0.1) is 0 Å². The maximum atomic E-state index is 14.0. The monoisotopic (exact) mass is 263 g/mol. The number of benzene rings is 1. The molecule has 0 spiro atoms. The fourth-order valence-electron chi connectivity index (χ4n) is 2.62. The summed E-state index contributed by atoms with van der Waals surface area (Å²) in [4.78, 5) is 0. The summed E-state index contributed by atoms with van der Waals surface area (Å²) in [5.74, 6) is -0.486. The van der Waals surface area contributed by atoms with Crippen molar-refractivity contribution < 1.29 is 8.78 Å². The number of nitrogen functional groups attached to an aromatic ring is 1. The second-order valence-corrected chi connectivity index (χ2v) is 4.98. The molecule has 1 aromatic carbocycles. The molecule has 3 rings (SSSR count). The number of halogens is 2. The standard InChI is InChI=1S/C14H15F2N3/c1-8-6-11(16)13(7-10(8)15)19-12-5-3-2-4-9(12)14(17)18-19/h6-7H,2-5H2,1H3,(H2,17,18). The molecule has 3 nitrogen and oxygen atoms in total. The van der Waals surface area contributed by atoms with E-state index in [2.05, 4.69) is 5.10 Å². The van der Waals surface area contributed by atoms with Crippen molar-refractivity contribution in [3.63, 3.8) is 0 Å². The first kappa shape index (κ1) is 12.1. The molecule has 0 aliphatic heterocycles. The zero-order chi connectivity index (χ0) is 13.6. The van der Waals surface area contributed by atoms with Crippen molar-refractivity contribution in [1.82, 2.24) is 9.78 Å². The summed E-state index contributed by atoms with van der Waals surface area (Å²) in [6.45, 7) is 1.54. The van der Waals surface area contributed by atoms with E-state index in [0.29, 0.717) is 5.82 Å². The molecule has 0 saturated carbocycles. The topological polar surface area (TPSA) is 43.8 Å². The highest BCUT2D eigenvalue weighted by Gasteiger charge is 2.22. The van der Waals surface area contributed by atoms with Gasteiger partial charge in [-0.05, 0) is 44.2 Å². The highest BCUT2D eigenvalue weighted by Crippen LogP contribution is 2.29. The zero-order valence-corrected chi connectivity index (χ0v) is 10.7. The Morgan fingerprint density at radius 2 is 1.89 bits per heavy atom. The van der Waals surface area contributed by atoms with Gasteiger partial charge < -0.3 is 5.73 Å². The molecule has 0 unspecified atom stereocenters. The Kier molecular flexibility index (Phi) is 2.77. The largest absolute Gasteiger partial charge is 0.382 e. The molecule has 19 heavy (non-hydrogen) atoms. The molecule has 1 aromatic heterocycles. The van der Waals surface area contributed by atoms with Crippen LogP contribution in [0.3, 0.4) is 0 Å². The van der Waals surface area contributed by atoms with Gasteiger partial charge in [0, 0.05) is 17.3 Å². The van der Waals surface area contributed by atoms with Gasteiger partial charge in [0.15, 0.2) is 0 Å². The first-order chi connectivity index (χ1) is 9.08. The van der Waals surface area contributed by atoms with Crippen molar-refractivity contribution >= 4 is 5.82 Å². The lowest BCUT2D eigenvalue weighted by Crippen LogP contribution is -2.09. The molecule has 1 heterocycles. The van der Waals surface area contributed by atoms with Gasteiger partial charge in [-0.3, -0.25) is 0 Å². The van der Waals surface area contributed by atoms with Crippen LogP contribution in [0, 0.1) is 18.6 Å². The fourth-order valence-corrected chi connectivity index (χ4v) is 2.62. The van der Waals surface area contributed by atoms with E-state index in [1.54, 1.807) is 0 Å². The minimum Gasteiger partial charge on any atom is -0.382 e. The molecule has 1 aliphatic carbocycles. The first-order valence-electron chi connectivity index (χ1n) is 6.40. The summed E-state index contributed by atoms with van der Waals surface area (Å²) < 4.78 is 29.1. The van der Waals surface area contributed by atoms with Gasteiger partial charge in [-0.25, -0.2) is 13.5 Å². The van der Waals surface area contributed by atoms with E-state index < -0.39 is 11.6 Å². The summed E-state index contributed by atoms with van der Waals surface area (Å²) in [5.41, 5.74) is 8.18. The predicted molar refractivity (Wildman–Crippen MR) is 69.3 cm³/mol. The second-order valence-electron chi connectivity index (χ2n) is 4.98. The second kappa shape index (κ2) is 4.33. The van der Waals surface area contributed by atoms with Crippen molar-refractivity contribution in [2.24, 2.45) is 0 Å². The molecule has 0 atom stereocenters. The lowest BCUT2D eigenvalue weighted by Gasteiger charge is -2.14. The third-order valence-electron chi connectivity index (χ3n) is 3.67. The third kappa shape index (κ3) is 1.89. The van der Waals surface area contributed by atoms with Crippen LogP contribution in [0.2, 0.25) is 0 Å². The van der Waals surface area contributed by atoms with Crippen molar-refractivity contribution in [2.45, 2.75) is 32.6 Å². The van der Waals surface area contributed by atoms with Gasteiger partial charge in [-0.1, -0.05) is 0 Å². The van der Waals surface area contributed by atoms with Gasteiger partial charge in [-0.15, -0.1) is 0 Å². The molecule has 2 N–H and O–H groups in total. The number of nitrogens with two attached hydrogens (primary N) is 1. The number of fused-ring (bicyclic) bond motifs is 1. The molecule has 0 saturated heterocycles. The first-order valence-corrected chi connectivity index (χ1v) is 6.40. The highest BCUT2D eigenvalue weighted by molar-refractivity contribution is 5.49. The molecule has 2 aromatic rings.